The molecule has 1 amide bonds. The molecule has 0 heterocycles. The maximum atomic E-state index is 11.3. The highest BCUT2D eigenvalue weighted by molar-refractivity contribution is 7.46. The van der Waals surface area contributed by atoms with Crippen LogP contribution in [0.4, 0.5) is 0 Å². The van der Waals surface area contributed by atoms with Crippen molar-refractivity contribution in [2.75, 3.05) is 6.61 Å². The van der Waals surface area contributed by atoms with Crippen molar-refractivity contribution in [2.24, 2.45) is 5.73 Å². The summed E-state index contributed by atoms with van der Waals surface area (Å²) in [5.74, 6) is -1.18. The van der Waals surface area contributed by atoms with Gasteiger partial charge in [-0.1, -0.05) is 13.8 Å². The number of phosphoric ester groups is 1. The lowest BCUT2D eigenvalue weighted by atomic mass is 9.88. The molecule has 0 aromatic heterocycles. The van der Waals surface area contributed by atoms with E-state index in [0.717, 1.165) is 12.8 Å². The molecule has 0 unspecified atom stereocenters. The second-order valence-electron chi connectivity index (χ2n) is 6.04. The van der Waals surface area contributed by atoms with Crippen LogP contribution in [0.2, 0.25) is 0 Å². The zero-order valence-electron chi connectivity index (χ0n) is 16.1. The summed E-state index contributed by atoms with van der Waals surface area (Å²) >= 11 is 0. The van der Waals surface area contributed by atoms with Gasteiger partial charge in [-0.15, -0.1) is 0 Å². The van der Waals surface area contributed by atoms with E-state index in [1.165, 1.54) is 13.8 Å². The highest BCUT2D eigenvalue weighted by atomic mass is 31.2. The lowest BCUT2D eigenvalue weighted by Crippen LogP contribution is -2.57. The Bertz CT molecular complexity index is 559. The Labute approximate surface area is 159 Å². The number of carboxylic acids is 1. The van der Waals surface area contributed by atoms with Gasteiger partial charge < -0.3 is 30.7 Å². The summed E-state index contributed by atoms with van der Waals surface area (Å²) in [7, 11) is -4.17. The van der Waals surface area contributed by atoms with E-state index in [9.17, 15) is 14.2 Å². The molecule has 0 aromatic rings. The van der Waals surface area contributed by atoms with E-state index in [1.807, 2.05) is 13.8 Å². The van der Waals surface area contributed by atoms with Crippen molar-refractivity contribution in [1.29, 1.82) is 0 Å². The molecule has 0 spiro atoms. The minimum Gasteiger partial charge on any atom is -0.478 e. The summed E-state index contributed by atoms with van der Waals surface area (Å²) in [4.78, 5) is 38.2. The topological polar surface area (TPSA) is 168 Å². The third kappa shape index (κ3) is 10.6. The molecule has 0 bridgehead atoms. The summed E-state index contributed by atoms with van der Waals surface area (Å²) < 4.78 is 19.5. The number of hydrogen-bond donors (Lipinski definition) is 5. The number of ether oxygens (including phenoxy) is 1. The van der Waals surface area contributed by atoms with Crippen LogP contribution in [0, 0.1) is 0 Å². The third-order valence-electron chi connectivity index (χ3n) is 3.84. The van der Waals surface area contributed by atoms with Crippen molar-refractivity contribution in [3.05, 3.63) is 11.6 Å². The molecule has 1 aliphatic rings. The molecule has 27 heavy (non-hydrogen) atoms. The van der Waals surface area contributed by atoms with Crippen LogP contribution in [0.25, 0.3) is 0 Å². The maximum absolute atomic E-state index is 11.3. The molecule has 11 heteroatoms. The van der Waals surface area contributed by atoms with Gasteiger partial charge >= 0.3 is 13.8 Å². The average Bonchev–Trinajstić information content (AvgIpc) is 2.54. The number of aliphatic carboxylic acids is 1. The van der Waals surface area contributed by atoms with Gasteiger partial charge in [-0.05, 0) is 32.3 Å². The first-order valence-corrected chi connectivity index (χ1v) is 10.3. The van der Waals surface area contributed by atoms with E-state index in [4.69, 9.17) is 25.4 Å². The van der Waals surface area contributed by atoms with Crippen LogP contribution in [0.5, 0.6) is 0 Å². The molecule has 1 aliphatic carbocycles. The lowest BCUT2D eigenvalue weighted by Gasteiger charge is -2.36. The van der Waals surface area contributed by atoms with Crippen LogP contribution < -0.4 is 11.1 Å². The van der Waals surface area contributed by atoms with Gasteiger partial charge in [0.25, 0.3) is 0 Å². The number of nitrogens with one attached hydrogen (secondary N) is 1. The molecule has 158 valence electrons. The predicted molar refractivity (Wildman–Crippen MR) is 98.8 cm³/mol. The first-order valence-electron chi connectivity index (χ1n) is 8.77. The van der Waals surface area contributed by atoms with E-state index < -0.39 is 32.0 Å². The molecule has 1 rings (SSSR count). The Morgan fingerprint density at radius 1 is 1.33 bits per heavy atom. The Morgan fingerprint density at radius 3 is 2.22 bits per heavy atom. The van der Waals surface area contributed by atoms with Gasteiger partial charge in [-0.2, -0.15) is 0 Å². The molecule has 0 radical (unpaired) electrons. The monoisotopic (exact) mass is 410 g/mol. The molecule has 0 fully saturated rings. The number of amides is 1. The number of hydrogen-bond acceptors (Lipinski definition) is 6. The molecule has 3 atom stereocenters. The van der Waals surface area contributed by atoms with Crippen molar-refractivity contribution in [3.8, 4) is 0 Å². The van der Waals surface area contributed by atoms with E-state index in [-0.39, 0.29) is 30.6 Å². The number of rotatable bonds is 8. The predicted octanol–water partition coefficient (Wildman–Crippen LogP) is 0.923. The van der Waals surface area contributed by atoms with Crippen molar-refractivity contribution in [1.82, 2.24) is 5.32 Å². The molecule has 0 saturated heterocycles. The molecular formula is C16H31N2O8P. The summed E-state index contributed by atoms with van der Waals surface area (Å²) in [6, 6.07) is -0.856. The Morgan fingerprint density at radius 2 is 1.89 bits per heavy atom. The minimum absolute atomic E-state index is 0.0212. The van der Waals surface area contributed by atoms with Gasteiger partial charge in [-0.3, -0.25) is 9.32 Å². The van der Waals surface area contributed by atoms with Crippen molar-refractivity contribution >= 4 is 19.7 Å². The van der Waals surface area contributed by atoms with Gasteiger partial charge in [0.05, 0.1) is 24.9 Å². The van der Waals surface area contributed by atoms with Gasteiger partial charge in [0.2, 0.25) is 5.91 Å². The normalized spacial score (nSPS) is 22.5. The van der Waals surface area contributed by atoms with E-state index in [1.54, 1.807) is 6.08 Å². The molecule has 0 saturated carbocycles. The third-order valence-corrected chi connectivity index (χ3v) is 4.43. The smallest absolute Gasteiger partial charge is 0.469 e. The van der Waals surface area contributed by atoms with Crippen LogP contribution in [0.1, 0.15) is 47.0 Å². The van der Waals surface area contributed by atoms with Crippen LogP contribution in [0.15, 0.2) is 11.6 Å². The number of phosphoric acid groups is 1. The fourth-order valence-electron chi connectivity index (χ4n) is 2.57. The Kier molecular flexibility index (Phi) is 11.6. The summed E-state index contributed by atoms with van der Waals surface area (Å²) in [6.07, 6.45) is 2.97. The van der Waals surface area contributed by atoms with E-state index >= 15 is 0 Å². The second-order valence-corrected chi connectivity index (χ2v) is 7.28. The summed E-state index contributed by atoms with van der Waals surface area (Å²) in [6.45, 7) is 6.99. The molecular weight excluding hydrogens is 379 g/mol. The summed E-state index contributed by atoms with van der Waals surface area (Å²) in [5.41, 5.74) is 6.25. The number of carbonyl (C=O) groups is 2. The quantitative estimate of drug-likeness (QED) is 0.365. The Balaban J connectivity index is 0.000000821. The first-order chi connectivity index (χ1) is 12.4. The molecule has 10 nitrogen and oxygen atoms in total. The van der Waals surface area contributed by atoms with Crippen LogP contribution >= 0.6 is 7.82 Å². The first kappa shape index (κ1) is 25.7. The van der Waals surface area contributed by atoms with Crippen LogP contribution in [0.3, 0.4) is 0 Å². The highest BCUT2D eigenvalue weighted by Crippen LogP contribution is 2.34. The zero-order valence-corrected chi connectivity index (χ0v) is 17.0. The zero-order chi connectivity index (χ0) is 21.2. The Hall–Kier alpha value is -1.29. The van der Waals surface area contributed by atoms with Gasteiger partial charge in [0.1, 0.15) is 0 Å². The molecule has 6 N–H and O–H groups in total. The largest absolute Gasteiger partial charge is 0.478 e. The van der Waals surface area contributed by atoms with Gasteiger partial charge in [-0.25, -0.2) is 9.36 Å². The SMILES string of the molecule is CCC(CC)O[C@@H]1C=C(C(=O)O)C[C@H](N)[C@H]1NC(C)=O.CCOP(=O)(O)O. The molecule has 0 aliphatic heterocycles. The minimum atomic E-state index is -4.17. The van der Waals surface area contributed by atoms with Crippen LogP contribution in [-0.2, 0) is 23.4 Å². The van der Waals surface area contributed by atoms with E-state index in [0.29, 0.717) is 0 Å². The van der Waals surface area contributed by atoms with Crippen LogP contribution in [-0.4, -0.2) is 57.7 Å². The highest BCUT2D eigenvalue weighted by Gasteiger charge is 2.35. The lowest BCUT2D eigenvalue weighted by molar-refractivity contribution is -0.133. The standard InChI is InChI=1S/C14H24N2O4.C2H7O4P/c1-4-10(5-2)20-12-7-9(14(18)19)6-11(15)13(12)16-8(3)17;1-2-6-7(3,4)5/h7,10-13H,4-6,15H2,1-3H3,(H,16,17)(H,18,19);2H2,1H3,(H2,3,4,5)/t11-,12+,13+;/m0./s1. The summed E-state index contributed by atoms with van der Waals surface area (Å²) in [5, 5.41) is 11.9. The fraction of sp³-hybridized carbons (Fsp3) is 0.750. The van der Waals surface area contributed by atoms with Gasteiger partial charge in [0.15, 0.2) is 0 Å². The fourth-order valence-corrected chi connectivity index (χ4v) is 2.91. The van der Waals surface area contributed by atoms with Crippen molar-refractivity contribution in [2.45, 2.75) is 71.2 Å². The number of carboxylic acid groups (broad SMARTS) is 1. The maximum Gasteiger partial charge on any atom is 0.469 e. The van der Waals surface area contributed by atoms with Crippen molar-refractivity contribution in [3.63, 3.8) is 0 Å². The number of carbonyl (C=O) groups excluding carboxylic acids is 1. The molecule has 0 aromatic carbocycles. The number of nitrogens with two attached hydrogens (primary N) is 1. The van der Waals surface area contributed by atoms with Crippen molar-refractivity contribution < 1.29 is 38.3 Å². The second kappa shape index (κ2) is 12.2. The van der Waals surface area contributed by atoms with E-state index in [2.05, 4.69) is 9.84 Å². The average molecular weight is 410 g/mol. The van der Waals surface area contributed by atoms with Gasteiger partial charge in [0, 0.05) is 18.5 Å².